The van der Waals surface area contributed by atoms with Gasteiger partial charge in [-0.3, -0.25) is 0 Å². The highest BCUT2D eigenvalue weighted by atomic mass is 32.2. The normalized spacial score (nSPS) is 28.3. The van der Waals surface area contributed by atoms with Gasteiger partial charge in [0.25, 0.3) is 0 Å². The molecule has 0 bridgehead atoms. The van der Waals surface area contributed by atoms with Gasteiger partial charge in [-0.1, -0.05) is 13.8 Å². The molecule has 3 unspecified atom stereocenters. The van der Waals surface area contributed by atoms with Gasteiger partial charge in [-0.15, -0.1) is 0 Å². The van der Waals surface area contributed by atoms with Crippen molar-refractivity contribution in [2.45, 2.75) is 37.6 Å². The van der Waals surface area contributed by atoms with Crippen molar-refractivity contribution in [3.63, 3.8) is 0 Å². The third-order valence-corrected chi connectivity index (χ3v) is 5.23. The Morgan fingerprint density at radius 2 is 1.72 bits per heavy atom. The fourth-order valence-electron chi connectivity index (χ4n) is 2.58. The van der Waals surface area contributed by atoms with E-state index in [9.17, 15) is 8.42 Å². The van der Waals surface area contributed by atoms with E-state index in [0.717, 1.165) is 11.6 Å². The van der Waals surface area contributed by atoms with E-state index in [1.165, 1.54) is 19.1 Å². The van der Waals surface area contributed by atoms with Gasteiger partial charge in [-0.2, -0.15) is 0 Å². The highest BCUT2D eigenvalue weighted by Crippen LogP contribution is 2.33. The third-order valence-electron chi connectivity index (χ3n) is 4.10. The van der Waals surface area contributed by atoms with E-state index in [-0.39, 0.29) is 0 Å². The zero-order chi connectivity index (χ0) is 13.3. The molecule has 1 aliphatic rings. The summed E-state index contributed by atoms with van der Waals surface area (Å²) in [6.07, 6.45) is 3.69. The van der Waals surface area contributed by atoms with Crippen LogP contribution in [-0.4, -0.2) is 20.7 Å². The Balaban J connectivity index is 2.07. The first-order chi connectivity index (χ1) is 8.38. The predicted molar refractivity (Wildman–Crippen MR) is 74.5 cm³/mol. The molecule has 1 aromatic rings. The van der Waals surface area contributed by atoms with Gasteiger partial charge in [0.05, 0.1) is 4.90 Å². The van der Waals surface area contributed by atoms with E-state index < -0.39 is 9.84 Å². The number of hydrogen-bond donors (Lipinski definition) is 1. The van der Waals surface area contributed by atoms with Gasteiger partial charge in [0.1, 0.15) is 0 Å². The van der Waals surface area contributed by atoms with E-state index in [1.807, 2.05) is 12.1 Å². The van der Waals surface area contributed by atoms with Crippen molar-refractivity contribution < 1.29 is 8.42 Å². The molecular formula is C14H21NO2S. The molecule has 0 amide bonds. The average molecular weight is 267 g/mol. The molecule has 1 saturated carbocycles. The van der Waals surface area contributed by atoms with Gasteiger partial charge >= 0.3 is 0 Å². The molecule has 1 N–H and O–H groups in total. The summed E-state index contributed by atoms with van der Waals surface area (Å²) in [6, 6.07) is 7.55. The van der Waals surface area contributed by atoms with Crippen molar-refractivity contribution in [3.8, 4) is 0 Å². The van der Waals surface area contributed by atoms with Crippen LogP contribution in [0.2, 0.25) is 0 Å². The van der Waals surface area contributed by atoms with E-state index in [1.54, 1.807) is 12.1 Å². The van der Waals surface area contributed by atoms with Crippen molar-refractivity contribution in [2.75, 3.05) is 11.6 Å². The zero-order valence-electron chi connectivity index (χ0n) is 11.2. The molecule has 3 atom stereocenters. The SMILES string of the molecule is CC1CCC(Nc2ccc(S(C)(=O)=O)cc2)C1C. The molecule has 0 radical (unpaired) electrons. The van der Waals surface area contributed by atoms with E-state index >= 15 is 0 Å². The molecule has 18 heavy (non-hydrogen) atoms. The minimum absolute atomic E-state index is 0.376. The average Bonchev–Trinajstić information content (AvgIpc) is 2.61. The highest BCUT2D eigenvalue weighted by molar-refractivity contribution is 7.90. The second-order valence-corrected chi connectivity index (χ2v) is 7.48. The Hall–Kier alpha value is -1.03. The number of hydrogen-bond acceptors (Lipinski definition) is 3. The van der Waals surface area contributed by atoms with Crippen molar-refractivity contribution in [1.29, 1.82) is 0 Å². The predicted octanol–water partition coefficient (Wildman–Crippen LogP) is 2.94. The summed E-state index contributed by atoms with van der Waals surface area (Å²) in [5.41, 5.74) is 1.01. The summed E-state index contributed by atoms with van der Waals surface area (Å²) in [7, 11) is -3.09. The monoisotopic (exact) mass is 267 g/mol. The summed E-state index contributed by atoms with van der Waals surface area (Å²) >= 11 is 0. The van der Waals surface area contributed by atoms with E-state index in [2.05, 4.69) is 19.2 Å². The number of benzene rings is 1. The van der Waals surface area contributed by atoms with Crippen LogP contribution in [0, 0.1) is 11.8 Å². The lowest BCUT2D eigenvalue weighted by Crippen LogP contribution is -2.23. The molecule has 1 aromatic carbocycles. The molecule has 100 valence electrons. The Bertz CT molecular complexity index is 507. The van der Waals surface area contributed by atoms with Crippen LogP contribution >= 0.6 is 0 Å². The topological polar surface area (TPSA) is 46.2 Å². The van der Waals surface area contributed by atoms with Crippen molar-refractivity contribution in [2.24, 2.45) is 11.8 Å². The van der Waals surface area contributed by atoms with Crippen LogP contribution in [0.1, 0.15) is 26.7 Å². The smallest absolute Gasteiger partial charge is 0.175 e. The van der Waals surface area contributed by atoms with Crippen LogP contribution in [-0.2, 0) is 9.84 Å². The summed E-state index contributed by atoms with van der Waals surface area (Å²) in [5.74, 6) is 1.43. The first-order valence-corrected chi connectivity index (χ1v) is 8.34. The van der Waals surface area contributed by atoms with Gasteiger partial charge in [0.15, 0.2) is 9.84 Å². The number of rotatable bonds is 3. The fourth-order valence-corrected chi connectivity index (χ4v) is 3.21. The summed E-state index contributed by atoms with van der Waals surface area (Å²) < 4.78 is 22.7. The van der Waals surface area contributed by atoms with Crippen molar-refractivity contribution >= 4 is 15.5 Å². The molecule has 0 saturated heterocycles. The molecule has 2 rings (SSSR count). The second-order valence-electron chi connectivity index (χ2n) is 5.46. The van der Waals surface area contributed by atoms with Crippen molar-refractivity contribution in [3.05, 3.63) is 24.3 Å². The maximum atomic E-state index is 11.4. The molecule has 1 fully saturated rings. The molecule has 0 aliphatic heterocycles. The van der Waals surface area contributed by atoms with Gasteiger partial charge < -0.3 is 5.32 Å². The van der Waals surface area contributed by atoms with E-state index in [4.69, 9.17) is 0 Å². The largest absolute Gasteiger partial charge is 0.382 e. The second kappa shape index (κ2) is 4.92. The highest BCUT2D eigenvalue weighted by Gasteiger charge is 2.29. The maximum Gasteiger partial charge on any atom is 0.175 e. The summed E-state index contributed by atoms with van der Waals surface area (Å²) in [6.45, 7) is 4.57. The lowest BCUT2D eigenvalue weighted by molar-refractivity contribution is 0.435. The van der Waals surface area contributed by atoms with Crippen LogP contribution in [0.5, 0.6) is 0 Å². The Morgan fingerprint density at radius 1 is 1.11 bits per heavy atom. The van der Waals surface area contributed by atoms with Gasteiger partial charge in [-0.05, 0) is 48.9 Å². The van der Waals surface area contributed by atoms with Gasteiger partial charge in [0, 0.05) is 18.0 Å². The summed E-state index contributed by atoms with van der Waals surface area (Å²) in [5, 5.41) is 3.50. The van der Waals surface area contributed by atoms with Crippen LogP contribution in [0.4, 0.5) is 5.69 Å². The Morgan fingerprint density at radius 3 is 2.17 bits per heavy atom. The first-order valence-electron chi connectivity index (χ1n) is 6.44. The van der Waals surface area contributed by atoms with Gasteiger partial charge in [0.2, 0.25) is 0 Å². The molecule has 1 aliphatic carbocycles. The molecule has 0 aromatic heterocycles. The maximum absolute atomic E-state index is 11.4. The van der Waals surface area contributed by atoms with Crippen LogP contribution in [0.3, 0.4) is 0 Å². The lowest BCUT2D eigenvalue weighted by atomic mass is 9.98. The van der Waals surface area contributed by atoms with Crippen LogP contribution in [0.25, 0.3) is 0 Å². The quantitative estimate of drug-likeness (QED) is 0.916. The molecule has 4 heteroatoms. The Labute approximate surface area is 110 Å². The number of sulfone groups is 1. The van der Waals surface area contributed by atoms with Crippen molar-refractivity contribution in [1.82, 2.24) is 0 Å². The number of nitrogens with one attached hydrogen (secondary N) is 1. The number of anilines is 1. The standard InChI is InChI=1S/C14H21NO2S/c1-10-4-9-14(11(10)2)15-12-5-7-13(8-6-12)18(3,16)17/h5-8,10-11,14-15H,4,9H2,1-3H3. The van der Waals surface area contributed by atoms with Crippen LogP contribution < -0.4 is 5.32 Å². The van der Waals surface area contributed by atoms with Gasteiger partial charge in [-0.25, -0.2) is 8.42 Å². The third kappa shape index (κ3) is 2.86. The molecular weight excluding hydrogens is 246 g/mol. The molecule has 0 heterocycles. The fraction of sp³-hybridized carbons (Fsp3) is 0.571. The van der Waals surface area contributed by atoms with Crippen LogP contribution in [0.15, 0.2) is 29.2 Å². The minimum Gasteiger partial charge on any atom is -0.382 e. The van der Waals surface area contributed by atoms with E-state index in [0.29, 0.717) is 16.9 Å². The minimum atomic E-state index is -3.09. The molecule has 3 nitrogen and oxygen atoms in total. The lowest BCUT2D eigenvalue weighted by Gasteiger charge is -2.20. The first kappa shape index (κ1) is 13.4. The summed E-state index contributed by atoms with van der Waals surface area (Å²) in [4.78, 5) is 0.376. The molecule has 0 spiro atoms. The Kier molecular flexibility index (Phi) is 3.66. The zero-order valence-corrected chi connectivity index (χ0v) is 12.0.